The van der Waals surface area contributed by atoms with E-state index in [4.69, 9.17) is 0 Å². The van der Waals surface area contributed by atoms with Gasteiger partial charge in [-0.2, -0.15) is 0 Å². The number of benzene rings is 1. The van der Waals surface area contributed by atoms with Gasteiger partial charge in [-0.3, -0.25) is 4.98 Å². The number of hydrogen-bond acceptors (Lipinski definition) is 3. The highest BCUT2D eigenvalue weighted by Gasteiger charge is 2.10. The van der Waals surface area contributed by atoms with Gasteiger partial charge in [-0.15, -0.1) is 0 Å². The Bertz CT molecular complexity index is 621. The fourth-order valence-electron chi connectivity index (χ4n) is 2.77. The molecule has 0 atom stereocenters. The minimum atomic E-state index is -0.201. The van der Waals surface area contributed by atoms with Crippen LogP contribution in [0.2, 0.25) is 0 Å². The van der Waals surface area contributed by atoms with Crippen molar-refractivity contribution in [3.63, 3.8) is 0 Å². The third kappa shape index (κ3) is 4.45. The second-order valence-corrected chi connectivity index (χ2v) is 5.76. The molecule has 0 unspecified atom stereocenters. The molecule has 2 N–H and O–H groups in total. The summed E-state index contributed by atoms with van der Waals surface area (Å²) < 4.78 is 0. The van der Waals surface area contributed by atoms with Crippen molar-refractivity contribution in [1.82, 2.24) is 10.3 Å². The number of urea groups is 1. The van der Waals surface area contributed by atoms with E-state index in [1.165, 1.54) is 24.9 Å². The molecule has 0 saturated carbocycles. The van der Waals surface area contributed by atoms with Crippen molar-refractivity contribution < 1.29 is 4.79 Å². The van der Waals surface area contributed by atoms with Crippen molar-refractivity contribution in [3.8, 4) is 0 Å². The fraction of sp³-hybridized carbons (Fsp3) is 0.333. The average molecular weight is 310 g/mol. The third-order valence-electron chi connectivity index (χ3n) is 4.05. The molecule has 23 heavy (non-hydrogen) atoms. The smallest absolute Gasteiger partial charge is 0.319 e. The molecule has 0 aliphatic carbocycles. The number of pyridine rings is 1. The van der Waals surface area contributed by atoms with Gasteiger partial charge in [-0.05, 0) is 61.2 Å². The van der Waals surface area contributed by atoms with Gasteiger partial charge in [0, 0.05) is 43.4 Å². The molecule has 0 bridgehead atoms. The molecule has 2 amide bonds. The number of piperidine rings is 1. The third-order valence-corrected chi connectivity index (χ3v) is 4.05. The lowest BCUT2D eigenvalue weighted by Crippen LogP contribution is -2.29. The standard InChI is InChI=1S/C18H22N4O/c23-18(20-14-15-8-10-19-11-9-15)21-16-4-6-17(7-5-16)22-12-2-1-3-13-22/h4-11H,1-3,12-14H2,(H2,20,21,23). The molecule has 1 fully saturated rings. The Hall–Kier alpha value is -2.56. The predicted octanol–water partition coefficient (Wildman–Crippen LogP) is 3.39. The van der Waals surface area contributed by atoms with Gasteiger partial charge in [0.1, 0.15) is 0 Å². The maximum absolute atomic E-state index is 11.9. The monoisotopic (exact) mass is 310 g/mol. The zero-order valence-corrected chi connectivity index (χ0v) is 13.2. The fourth-order valence-corrected chi connectivity index (χ4v) is 2.77. The first-order valence-corrected chi connectivity index (χ1v) is 8.10. The summed E-state index contributed by atoms with van der Waals surface area (Å²) in [5.74, 6) is 0. The average Bonchev–Trinajstić information content (AvgIpc) is 2.62. The van der Waals surface area contributed by atoms with Gasteiger partial charge in [0.15, 0.2) is 0 Å². The van der Waals surface area contributed by atoms with Crippen LogP contribution in [0, 0.1) is 0 Å². The lowest BCUT2D eigenvalue weighted by Gasteiger charge is -2.28. The van der Waals surface area contributed by atoms with Crippen molar-refractivity contribution in [3.05, 3.63) is 54.4 Å². The number of nitrogens with zero attached hydrogens (tertiary/aromatic N) is 2. The highest BCUT2D eigenvalue weighted by atomic mass is 16.2. The lowest BCUT2D eigenvalue weighted by atomic mass is 10.1. The van der Waals surface area contributed by atoms with Gasteiger partial charge in [0.2, 0.25) is 0 Å². The van der Waals surface area contributed by atoms with Gasteiger partial charge < -0.3 is 15.5 Å². The molecule has 0 radical (unpaired) electrons. The lowest BCUT2D eigenvalue weighted by molar-refractivity contribution is 0.251. The topological polar surface area (TPSA) is 57.3 Å². The molecule has 120 valence electrons. The van der Waals surface area contributed by atoms with Crippen LogP contribution in [0.25, 0.3) is 0 Å². The summed E-state index contributed by atoms with van der Waals surface area (Å²) in [4.78, 5) is 18.3. The summed E-state index contributed by atoms with van der Waals surface area (Å²) in [5, 5.41) is 5.70. The zero-order valence-electron chi connectivity index (χ0n) is 13.2. The second kappa shape index (κ2) is 7.63. The first-order chi connectivity index (χ1) is 11.3. The first-order valence-electron chi connectivity index (χ1n) is 8.10. The van der Waals surface area contributed by atoms with Gasteiger partial charge in [0.05, 0.1) is 0 Å². The summed E-state index contributed by atoms with van der Waals surface area (Å²) in [6, 6.07) is 11.6. The normalized spacial score (nSPS) is 14.3. The predicted molar refractivity (Wildman–Crippen MR) is 92.6 cm³/mol. The second-order valence-electron chi connectivity index (χ2n) is 5.76. The molecule has 1 aliphatic rings. The first kappa shape index (κ1) is 15.3. The van der Waals surface area contributed by atoms with Crippen LogP contribution in [0.3, 0.4) is 0 Å². The van der Waals surface area contributed by atoms with Crippen LogP contribution in [0.4, 0.5) is 16.2 Å². The summed E-state index contributed by atoms with van der Waals surface area (Å²) in [6.45, 7) is 2.73. The van der Waals surface area contributed by atoms with E-state index in [0.29, 0.717) is 6.54 Å². The molecule has 0 spiro atoms. The van der Waals surface area contributed by atoms with Crippen molar-refractivity contribution >= 4 is 17.4 Å². The number of carbonyl (C=O) groups is 1. The molecule has 2 aromatic rings. The van der Waals surface area contributed by atoms with Crippen LogP contribution in [-0.4, -0.2) is 24.1 Å². The van der Waals surface area contributed by atoms with Crippen molar-refractivity contribution in [1.29, 1.82) is 0 Å². The molecule has 5 heteroatoms. The van der Waals surface area contributed by atoms with Crippen LogP contribution >= 0.6 is 0 Å². The van der Waals surface area contributed by atoms with Crippen molar-refractivity contribution in [2.75, 3.05) is 23.3 Å². The molecule has 1 aromatic heterocycles. The van der Waals surface area contributed by atoms with E-state index in [0.717, 1.165) is 24.3 Å². The quantitative estimate of drug-likeness (QED) is 0.910. The molecule has 1 saturated heterocycles. The number of rotatable bonds is 4. The summed E-state index contributed by atoms with van der Waals surface area (Å²) in [5.41, 5.74) is 3.06. The maximum atomic E-state index is 11.9. The molecule has 1 aliphatic heterocycles. The van der Waals surface area contributed by atoms with Crippen LogP contribution in [0.1, 0.15) is 24.8 Å². The summed E-state index contributed by atoms with van der Waals surface area (Å²) >= 11 is 0. The van der Waals surface area contributed by atoms with Gasteiger partial charge in [0.25, 0.3) is 0 Å². The van der Waals surface area contributed by atoms with E-state index < -0.39 is 0 Å². The molecule has 5 nitrogen and oxygen atoms in total. The van der Waals surface area contributed by atoms with Crippen molar-refractivity contribution in [2.45, 2.75) is 25.8 Å². The van der Waals surface area contributed by atoms with E-state index in [-0.39, 0.29) is 6.03 Å². The highest BCUT2D eigenvalue weighted by Crippen LogP contribution is 2.21. The van der Waals surface area contributed by atoms with Gasteiger partial charge in [-0.25, -0.2) is 4.79 Å². The maximum Gasteiger partial charge on any atom is 0.319 e. The number of carbonyl (C=O) groups excluding carboxylic acids is 1. The van der Waals surface area contributed by atoms with Gasteiger partial charge in [-0.1, -0.05) is 0 Å². The van der Waals surface area contributed by atoms with E-state index in [9.17, 15) is 4.79 Å². The largest absolute Gasteiger partial charge is 0.372 e. The Balaban J connectivity index is 1.50. The minimum Gasteiger partial charge on any atom is -0.372 e. The van der Waals surface area contributed by atoms with E-state index >= 15 is 0 Å². The van der Waals surface area contributed by atoms with Crippen LogP contribution in [-0.2, 0) is 6.54 Å². The number of amides is 2. The van der Waals surface area contributed by atoms with E-state index in [1.54, 1.807) is 12.4 Å². The van der Waals surface area contributed by atoms with E-state index in [1.807, 2.05) is 24.3 Å². The van der Waals surface area contributed by atoms with Crippen LogP contribution < -0.4 is 15.5 Å². The Labute approximate surface area is 136 Å². The number of anilines is 2. The highest BCUT2D eigenvalue weighted by molar-refractivity contribution is 5.89. The number of aromatic nitrogens is 1. The Morgan fingerprint density at radius 3 is 2.39 bits per heavy atom. The zero-order chi connectivity index (χ0) is 15.9. The summed E-state index contributed by atoms with van der Waals surface area (Å²) in [7, 11) is 0. The molecular formula is C18H22N4O. The minimum absolute atomic E-state index is 0.201. The Morgan fingerprint density at radius 2 is 1.70 bits per heavy atom. The molecule has 3 rings (SSSR count). The number of nitrogens with one attached hydrogen (secondary N) is 2. The van der Waals surface area contributed by atoms with Crippen LogP contribution in [0.15, 0.2) is 48.8 Å². The number of hydrogen-bond donors (Lipinski definition) is 2. The SMILES string of the molecule is O=C(NCc1ccncc1)Nc1ccc(N2CCCCC2)cc1. The van der Waals surface area contributed by atoms with Crippen LogP contribution in [0.5, 0.6) is 0 Å². The molecular weight excluding hydrogens is 288 g/mol. The van der Waals surface area contributed by atoms with E-state index in [2.05, 4.69) is 32.7 Å². The summed E-state index contributed by atoms with van der Waals surface area (Å²) in [6.07, 6.45) is 7.28. The molecule has 2 heterocycles. The Morgan fingerprint density at radius 1 is 1.00 bits per heavy atom. The molecule has 1 aromatic carbocycles. The van der Waals surface area contributed by atoms with Gasteiger partial charge >= 0.3 is 6.03 Å². The Kier molecular flexibility index (Phi) is 5.09. The van der Waals surface area contributed by atoms with Crippen molar-refractivity contribution in [2.24, 2.45) is 0 Å².